The van der Waals surface area contributed by atoms with Crippen molar-refractivity contribution in [1.82, 2.24) is 15.2 Å². The second-order valence-electron chi connectivity index (χ2n) is 6.00. The van der Waals surface area contributed by atoms with E-state index in [1.807, 2.05) is 13.2 Å². The number of likely N-dealkylation sites (tertiary alicyclic amines) is 1. The monoisotopic (exact) mass is 294 g/mol. The molecule has 0 amide bonds. The van der Waals surface area contributed by atoms with Gasteiger partial charge < -0.3 is 10.2 Å². The lowest BCUT2D eigenvalue weighted by Gasteiger charge is -2.21. The van der Waals surface area contributed by atoms with Gasteiger partial charge in [-0.1, -0.05) is 13.8 Å². The number of guanidine groups is 1. The molecule has 1 aliphatic heterocycles. The number of nitrogens with zero attached hydrogens (tertiary/aromatic N) is 3. The Morgan fingerprint density at radius 2 is 2.40 bits per heavy atom. The van der Waals surface area contributed by atoms with E-state index in [0.29, 0.717) is 0 Å². The fourth-order valence-corrected chi connectivity index (χ4v) is 3.58. The molecule has 2 heterocycles. The molecule has 112 valence electrons. The van der Waals surface area contributed by atoms with Crippen LogP contribution in [0, 0.1) is 18.8 Å². The Balaban J connectivity index is 1.84. The van der Waals surface area contributed by atoms with Gasteiger partial charge in [0.2, 0.25) is 0 Å². The molecule has 0 aromatic carbocycles. The van der Waals surface area contributed by atoms with E-state index in [-0.39, 0.29) is 0 Å². The second-order valence-corrected chi connectivity index (χ2v) is 7.32. The molecule has 4 nitrogen and oxygen atoms in total. The summed E-state index contributed by atoms with van der Waals surface area (Å²) >= 11 is 1.74. The number of hydrogen-bond donors (Lipinski definition) is 1. The van der Waals surface area contributed by atoms with Crippen molar-refractivity contribution in [3.8, 4) is 0 Å². The number of thiazole rings is 1. The van der Waals surface area contributed by atoms with Crippen molar-refractivity contribution in [3.63, 3.8) is 0 Å². The van der Waals surface area contributed by atoms with Crippen molar-refractivity contribution < 1.29 is 0 Å². The Morgan fingerprint density at radius 3 is 3.00 bits per heavy atom. The quantitative estimate of drug-likeness (QED) is 0.685. The van der Waals surface area contributed by atoms with Crippen LogP contribution in [0.3, 0.4) is 0 Å². The van der Waals surface area contributed by atoms with Gasteiger partial charge >= 0.3 is 0 Å². The molecule has 1 N–H and O–H groups in total. The Labute approximate surface area is 126 Å². The van der Waals surface area contributed by atoms with Crippen LogP contribution >= 0.6 is 11.3 Å². The molecule has 1 saturated heterocycles. The topological polar surface area (TPSA) is 40.5 Å². The molecule has 1 aromatic rings. The third kappa shape index (κ3) is 4.20. The van der Waals surface area contributed by atoms with Crippen LogP contribution in [0.25, 0.3) is 0 Å². The number of nitrogens with one attached hydrogen (secondary N) is 1. The Hall–Kier alpha value is -1.10. The van der Waals surface area contributed by atoms with Gasteiger partial charge in [0.1, 0.15) is 5.01 Å². The number of aliphatic imine (C=N–C) groups is 1. The minimum Gasteiger partial charge on any atom is -0.350 e. The zero-order valence-corrected chi connectivity index (χ0v) is 13.8. The van der Waals surface area contributed by atoms with E-state index < -0.39 is 0 Å². The molecule has 20 heavy (non-hydrogen) atoms. The van der Waals surface area contributed by atoms with E-state index in [4.69, 9.17) is 0 Å². The van der Waals surface area contributed by atoms with Gasteiger partial charge in [-0.3, -0.25) is 4.99 Å². The minimum absolute atomic E-state index is 0.774. The third-order valence-electron chi connectivity index (χ3n) is 3.67. The second kappa shape index (κ2) is 7.07. The summed E-state index contributed by atoms with van der Waals surface area (Å²) in [5.41, 5.74) is 0. The maximum atomic E-state index is 4.41. The van der Waals surface area contributed by atoms with E-state index >= 15 is 0 Å². The smallest absolute Gasteiger partial charge is 0.194 e. The first-order valence-electron chi connectivity index (χ1n) is 7.45. The minimum atomic E-state index is 0.774. The summed E-state index contributed by atoms with van der Waals surface area (Å²) in [6, 6.07) is 0. The standard InChI is InChI=1S/C15H26N4S/c1-11(2)7-13-5-6-19(10-13)15(16-4)18-9-14-17-8-12(3)20-14/h8,11,13H,5-7,9-10H2,1-4H3,(H,16,18). The first kappa shape index (κ1) is 15.3. The first-order chi connectivity index (χ1) is 9.58. The Kier molecular flexibility index (Phi) is 5.40. The van der Waals surface area contributed by atoms with Gasteiger partial charge in [0.05, 0.1) is 6.54 Å². The first-order valence-corrected chi connectivity index (χ1v) is 8.27. The molecule has 1 aromatic heterocycles. The van der Waals surface area contributed by atoms with Gasteiger partial charge in [-0.15, -0.1) is 11.3 Å². The maximum Gasteiger partial charge on any atom is 0.194 e. The molecule has 1 unspecified atom stereocenters. The molecule has 1 atom stereocenters. The molecular formula is C15H26N4S. The number of aryl methyl sites for hydroxylation is 1. The highest BCUT2D eigenvalue weighted by Crippen LogP contribution is 2.23. The fraction of sp³-hybridized carbons (Fsp3) is 0.733. The highest BCUT2D eigenvalue weighted by molar-refractivity contribution is 7.11. The lowest BCUT2D eigenvalue weighted by atomic mass is 9.97. The van der Waals surface area contributed by atoms with Crippen molar-refractivity contribution in [3.05, 3.63) is 16.1 Å². The average Bonchev–Trinajstić information content (AvgIpc) is 2.99. The number of rotatable bonds is 4. The summed E-state index contributed by atoms with van der Waals surface area (Å²) in [6.45, 7) is 9.73. The number of hydrogen-bond acceptors (Lipinski definition) is 3. The predicted octanol–water partition coefficient (Wildman–Crippen LogP) is 2.89. The van der Waals surface area contributed by atoms with E-state index in [1.54, 1.807) is 11.3 Å². The maximum absolute atomic E-state index is 4.41. The van der Waals surface area contributed by atoms with E-state index in [1.165, 1.54) is 17.7 Å². The van der Waals surface area contributed by atoms with Crippen molar-refractivity contribution in [2.45, 2.75) is 40.2 Å². The molecule has 1 aliphatic rings. The normalized spacial score (nSPS) is 19.9. The van der Waals surface area contributed by atoms with Gasteiger partial charge in [0.25, 0.3) is 0 Å². The Morgan fingerprint density at radius 1 is 1.60 bits per heavy atom. The SMILES string of the molecule is CN=C(NCc1ncc(C)s1)N1CCC(CC(C)C)C1. The zero-order valence-electron chi connectivity index (χ0n) is 13.0. The largest absolute Gasteiger partial charge is 0.350 e. The van der Waals surface area contributed by atoms with Crippen LogP contribution in [0.4, 0.5) is 0 Å². The van der Waals surface area contributed by atoms with Crippen molar-refractivity contribution in [1.29, 1.82) is 0 Å². The molecule has 2 rings (SSSR count). The summed E-state index contributed by atoms with van der Waals surface area (Å²) in [6.07, 6.45) is 4.54. The van der Waals surface area contributed by atoms with Gasteiger partial charge in [-0.2, -0.15) is 0 Å². The highest BCUT2D eigenvalue weighted by Gasteiger charge is 2.25. The van der Waals surface area contributed by atoms with Crippen LogP contribution < -0.4 is 5.32 Å². The molecular weight excluding hydrogens is 268 g/mol. The van der Waals surface area contributed by atoms with Crippen LogP contribution in [0.1, 0.15) is 36.6 Å². The van der Waals surface area contributed by atoms with E-state index in [0.717, 1.165) is 42.4 Å². The van der Waals surface area contributed by atoms with Crippen LogP contribution in [0.15, 0.2) is 11.2 Å². The lowest BCUT2D eigenvalue weighted by molar-refractivity contribution is 0.403. The van der Waals surface area contributed by atoms with Gasteiger partial charge in [-0.05, 0) is 31.6 Å². The van der Waals surface area contributed by atoms with Crippen LogP contribution in [-0.4, -0.2) is 36.0 Å². The van der Waals surface area contributed by atoms with Crippen LogP contribution in [0.2, 0.25) is 0 Å². The van der Waals surface area contributed by atoms with Crippen LogP contribution in [0.5, 0.6) is 0 Å². The number of aromatic nitrogens is 1. The molecule has 0 saturated carbocycles. The van der Waals surface area contributed by atoms with Gasteiger partial charge in [-0.25, -0.2) is 4.98 Å². The fourth-order valence-electron chi connectivity index (χ4n) is 2.85. The summed E-state index contributed by atoms with van der Waals surface area (Å²) in [5, 5.41) is 4.57. The molecule has 0 bridgehead atoms. The zero-order chi connectivity index (χ0) is 14.5. The average molecular weight is 294 g/mol. The van der Waals surface area contributed by atoms with Crippen molar-refractivity contribution >= 4 is 17.3 Å². The summed E-state index contributed by atoms with van der Waals surface area (Å²) in [5.74, 6) is 2.62. The van der Waals surface area contributed by atoms with Crippen molar-refractivity contribution in [2.24, 2.45) is 16.8 Å². The van der Waals surface area contributed by atoms with Crippen molar-refractivity contribution in [2.75, 3.05) is 20.1 Å². The van der Waals surface area contributed by atoms with Gasteiger partial charge in [0.15, 0.2) is 5.96 Å². The highest BCUT2D eigenvalue weighted by atomic mass is 32.1. The van der Waals surface area contributed by atoms with Gasteiger partial charge in [0, 0.05) is 31.2 Å². The summed E-state index contributed by atoms with van der Waals surface area (Å²) < 4.78 is 0. The molecule has 0 aliphatic carbocycles. The molecule has 1 fully saturated rings. The molecule has 0 radical (unpaired) electrons. The van der Waals surface area contributed by atoms with Crippen LogP contribution in [-0.2, 0) is 6.54 Å². The van der Waals surface area contributed by atoms with E-state index in [2.05, 4.69) is 41.0 Å². The Bertz CT molecular complexity index is 452. The summed E-state index contributed by atoms with van der Waals surface area (Å²) in [7, 11) is 1.87. The summed E-state index contributed by atoms with van der Waals surface area (Å²) in [4.78, 5) is 12.4. The molecule has 0 spiro atoms. The lowest BCUT2D eigenvalue weighted by Crippen LogP contribution is -2.39. The predicted molar refractivity (Wildman–Crippen MR) is 86.2 cm³/mol. The van der Waals surface area contributed by atoms with E-state index in [9.17, 15) is 0 Å². The molecule has 5 heteroatoms. The third-order valence-corrected chi connectivity index (χ3v) is 4.58.